The van der Waals surface area contributed by atoms with Gasteiger partial charge < -0.3 is 15.5 Å². The average molecular weight is 280 g/mol. The van der Waals surface area contributed by atoms with E-state index in [9.17, 15) is 0 Å². The van der Waals surface area contributed by atoms with Crippen molar-refractivity contribution < 1.29 is 4.42 Å². The van der Waals surface area contributed by atoms with Gasteiger partial charge in [-0.3, -0.25) is 4.98 Å². The molecule has 1 aliphatic rings. The van der Waals surface area contributed by atoms with Gasteiger partial charge in [0, 0.05) is 11.4 Å². The van der Waals surface area contributed by atoms with Crippen LogP contribution in [0.15, 0.2) is 34.4 Å². The zero-order valence-electron chi connectivity index (χ0n) is 12.4. The van der Waals surface area contributed by atoms with Crippen LogP contribution >= 0.6 is 0 Å². The van der Waals surface area contributed by atoms with E-state index in [0.29, 0.717) is 13.1 Å². The molecule has 3 rings (SSSR count). The fraction of sp³-hybridized carbons (Fsp3) is 0.312. The standard InChI is InChI=1S/C16H19BN3O/c1-10-8-14(19-9-12-4-3-7-21-12)15-16(20-10)11(2)13(17-15)5-6-18/h3-4,7-8H,5-6,9,18H2,1-2H3,(H,19,20). The lowest BCUT2D eigenvalue weighted by Crippen LogP contribution is -2.22. The molecule has 0 saturated carbocycles. The third-order valence-corrected chi connectivity index (χ3v) is 3.79. The van der Waals surface area contributed by atoms with E-state index in [1.807, 2.05) is 19.1 Å². The predicted octanol–water partition coefficient (Wildman–Crippen LogP) is 2.02. The van der Waals surface area contributed by atoms with E-state index >= 15 is 0 Å². The van der Waals surface area contributed by atoms with Crippen molar-refractivity contribution in [2.75, 3.05) is 11.9 Å². The van der Waals surface area contributed by atoms with Gasteiger partial charge in [-0.1, -0.05) is 5.47 Å². The Hall–Kier alpha value is -2.01. The molecule has 1 aliphatic heterocycles. The highest BCUT2D eigenvalue weighted by Crippen LogP contribution is 2.26. The van der Waals surface area contributed by atoms with E-state index in [1.165, 1.54) is 11.0 Å². The summed E-state index contributed by atoms with van der Waals surface area (Å²) in [5.41, 5.74) is 12.6. The Kier molecular flexibility index (Phi) is 3.84. The smallest absolute Gasteiger partial charge is 0.192 e. The Bertz CT molecular complexity index is 677. The zero-order valence-corrected chi connectivity index (χ0v) is 12.4. The third kappa shape index (κ3) is 2.74. The first-order chi connectivity index (χ1) is 10.2. The number of aryl methyl sites for hydroxylation is 1. The fourth-order valence-electron chi connectivity index (χ4n) is 2.71. The molecule has 2 aromatic heterocycles. The second kappa shape index (κ2) is 5.78. The molecule has 2 aromatic rings. The third-order valence-electron chi connectivity index (χ3n) is 3.79. The summed E-state index contributed by atoms with van der Waals surface area (Å²) in [6.07, 6.45) is 2.58. The maximum Gasteiger partial charge on any atom is 0.192 e. The van der Waals surface area contributed by atoms with E-state index in [4.69, 9.17) is 10.2 Å². The van der Waals surface area contributed by atoms with E-state index in [1.54, 1.807) is 6.26 Å². The first kappa shape index (κ1) is 14.0. The lowest BCUT2D eigenvalue weighted by atomic mass is 9.65. The summed E-state index contributed by atoms with van der Waals surface area (Å²) < 4.78 is 5.37. The van der Waals surface area contributed by atoms with Gasteiger partial charge in [-0.15, -0.1) is 0 Å². The minimum absolute atomic E-state index is 0.658. The molecule has 0 aliphatic carbocycles. The van der Waals surface area contributed by atoms with Gasteiger partial charge in [0.15, 0.2) is 7.28 Å². The van der Waals surface area contributed by atoms with Crippen LogP contribution in [0.5, 0.6) is 0 Å². The minimum atomic E-state index is 0.658. The zero-order chi connectivity index (χ0) is 14.8. The lowest BCUT2D eigenvalue weighted by Gasteiger charge is -2.12. The monoisotopic (exact) mass is 280 g/mol. The van der Waals surface area contributed by atoms with Crippen LogP contribution in [-0.2, 0) is 6.54 Å². The fourth-order valence-corrected chi connectivity index (χ4v) is 2.71. The van der Waals surface area contributed by atoms with Gasteiger partial charge in [-0.25, -0.2) is 0 Å². The van der Waals surface area contributed by atoms with Gasteiger partial charge in [0.05, 0.1) is 18.5 Å². The second-order valence-corrected chi connectivity index (χ2v) is 5.34. The second-order valence-electron chi connectivity index (χ2n) is 5.34. The van der Waals surface area contributed by atoms with Crippen molar-refractivity contribution in [1.82, 2.24) is 4.98 Å². The molecule has 0 spiro atoms. The van der Waals surface area contributed by atoms with Crippen molar-refractivity contribution in [3.63, 3.8) is 0 Å². The maximum atomic E-state index is 5.69. The van der Waals surface area contributed by atoms with Crippen LogP contribution in [0.25, 0.3) is 5.57 Å². The Balaban J connectivity index is 1.87. The summed E-state index contributed by atoms with van der Waals surface area (Å²) in [7, 11) is 2.20. The first-order valence-corrected chi connectivity index (χ1v) is 7.22. The summed E-state index contributed by atoms with van der Waals surface area (Å²) >= 11 is 0. The summed E-state index contributed by atoms with van der Waals surface area (Å²) in [5.74, 6) is 0.920. The number of aromatic nitrogens is 1. The first-order valence-electron chi connectivity index (χ1n) is 7.22. The Morgan fingerprint density at radius 3 is 2.95 bits per heavy atom. The van der Waals surface area contributed by atoms with E-state index in [2.05, 4.69) is 30.6 Å². The van der Waals surface area contributed by atoms with Crippen LogP contribution in [0, 0.1) is 6.92 Å². The highest BCUT2D eigenvalue weighted by molar-refractivity contribution is 6.67. The molecule has 4 nitrogen and oxygen atoms in total. The molecule has 0 bridgehead atoms. The number of anilines is 1. The number of allylic oxidation sites excluding steroid dienone is 1. The summed E-state index contributed by atoms with van der Waals surface area (Å²) in [6.45, 7) is 5.47. The van der Waals surface area contributed by atoms with Crippen LogP contribution in [-0.4, -0.2) is 18.8 Å². The SMILES string of the molecule is CC1=C(CCN)[B]c2c(NCc3ccco3)cc(C)nc21. The van der Waals surface area contributed by atoms with E-state index in [-0.39, 0.29) is 0 Å². The number of hydrogen-bond acceptors (Lipinski definition) is 4. The number of nitrogens with zero attached hydrogens (tertiary/aromatic N) is 1. The number of nitrogens with two attached hydrogens (primary N) is 1. The molecule has 5 heteroatoms. The minimum Gasteiger partial charge on any atom is -0.467 e. The molecule has 3 N–H and O–H groups in total. The number of pyridine rings is 1. The molecule has 21 heavy (non-hydrogen) atoms. The molecular weight excluding hydrogens is 261 g/mol. The quantitative estimate of drug-likeness (QED) is 0.822. The van der Waals surface area contributed by atoms with E-state index in [0.717, 1.165) is 34.7 Å². The molecule has 0 amide bonds. The van der Waals surface area contributed by atoms with Gasteiger partial charge in [-0.05, 0) is 56.0 Å². The van der Waals surface area contributed by atoms with Crippen molar-refractivity contribution in [3.8, 4) is 0 Å². The normalized spacial score (nSPS) is 13.3. The highest BCUT2D eigenvalue weighted by Gasteiger charge is 2.23. The number of rotatable bonds is 5. The summed E-state index contributed by atoms with van der Waals surface area (Å²) in [4.78, 5) is 4.68. The number of hydrogen-bond donors (Lipinski definition) is 2. The number of fused-ring (bicyclic) bond motifs is 1. The summed E-state index contributed by atoms with van der Waals surface area (Å²) in [5, 5.41) is 3.45. The van der Waals surface area contributed by atoms with Crippen LogP contribution in [0.3, 0.4) is 0 Å². The average Bonchev–Trinajstić information content (AvgIpc) is 3.07. The molecular formula is C16H19BN3O. The maximum absolute atomic E-state index is 5.69. The van der Waals surface area contributed by atoms with Crippen LogP contribution < -0.4 is 16.5 Å². The molecule has 107 valence electrons. The molecule has 0 aromatic carbocycles. The molecule has 0 saturated heterocycles. The Morgan fingerprint density at radius 1 is 1.38 bits per heavy atom. The summed E-state index contributed by atoms with van der Waals surface area (Å²) in [6, 6.07) is 5.95. The predicted molar refractivity (Wildman–Crippen MR) is 86.7 cm³/mol. The Labute approximate surface area is 125 Å². The topological polar surface area (TPSA) is 64.1 Å². The van der Waals surface area contributed by atoms with Gasteiger partial charge in [-0.2, -0.15) is 0 Å². The van der Waals surface area contributed by atoms with Crippen LogP contribution in [0.4, 0.5) is 5.69 Å². The molecule has 1 radical (unpaired) electrons. The lowest BCUT2D eigenvalue weighted by molar-refractivity contribution is 0.518. The van der Waals surface area contributed by atoms with Crippen LogP contribution in [0.1, 0.15) is 30.5 Å². The van der Waals surface area contributed by atoms with Crippen molar-refractivity contribution in [3.05, 3.63) is 47.1 Å². The largest absolute Gasteiger partial charge is 0.467 e. The van der Waals surface area contributed by atoms with Gasteiger partial charge >= 0.3 is 0 Å². The van der Waals surface area contributed by atoms with Crippen molar-refractivity contribution in [1.29, 1.82) is 0 Å². The number of nitrogens with one attached hydrogen (secondary N) is 1. The van der Waals surface area contributed by atoms with Gasteiger partial charge in [0.25, 0.3) is 0 Å². The van der Waals surface area contributed by atoms with Crippen molar-refractivity contribution >= 4 is 24.0 Å². The Morgan fingerprint density at radius 2 is 2.24 bits per heavy atom. The van der Waals surface area contributed by atoms with Crippen LogP contribution in [0.2, 0.25) is 0 Å². The van der Waals surface area contributed by atoms with E-state index < -0.39 is 0 Å². The molecule has 0 fully saturated rings. The van der Waals surface area contributed by atoms with Gasteiger partial charge in [0.1, 0.15) is 5.76 Å². The van der Waals surface area contributed by atoms with Crippen molar-refractivity contribution in [2.24, 2.45) is 5.73 Å². The molecule has 3 heterocycles. The highest BCUT2D eigenvalue weighted by atomic mass is 16.3. The molecule has 0 atom stereocenters. The number of furan rings is 1. The van der Waals surface area contributed by atoms with Crippen molar-refractivity contribution in [2.45, 2.75) is 26.8 Å². The molecule has 0 unspecified atom stereocenters. The van der Waals surface area contributed by atoms with Gasteiger partial charge in [0.2, 0.25) is 0 Å².